The fraction of sp³-hybridized carbons (Fsp3) is 1.00. The molecule has 0 spiro atoms. The second-order valence-corrected chi connectivity index (χ2v) is 6.69. The number of sulfonamides is 1. The molecule has 0 unspecified atom stereocenters. The average molecular weight is 278 g/mol. The number of hydrogen-bond donors (Lipinski definition) is 2. The third-order valence-corrected chi connectivity index (χ3v) is 4.60. The topological polar surface area (TPSA) is 67.4 Å². The predicted octanol–water partition coefficient (Wildman–Crippen LogP) is 0.722. The maximum absolute atomic E-state index is 11.8. The van der Waals surface area contributed by atoms with Gasteiger partial charge in [-0.3, -0.25) is 0 Å². The monoisotopic (exact) mass is 278 g/mol. The van der Waals surface area contributed by atoms with Gasteiger partial charge in [-0.15, -0.1) is 0 Å². The summed E-state index contributed by atoms with van der Waals surface area (Å²) in [5, 5.41) is 3.24. The number of hydrogen-bond acceptors (Lipinski definition) is 4. The van der Waals surface area contributed by atoms with E-state index in [1.807, 2.05) is 0 Å². The maximum Gasteiger partial charge on any atom is 0.211 e. The summed E-state index contributed by atoms with van der Waals surface area (Å²) in [6.45, 7) is 5.79. The zero-order chi connectivity index (χ0) is 13.3. The minimum Gasteiger partial charge on any atom is -0.381 e. The molecule has 1 heterocycles. The van der Waals surface area contributed by atoms with Gasteiger partial charge >= 0.3 is 0 Å². The molecule has 6 heteroatoms. The molecule has 0 bridgehead atoms. The molecular formula is C12H26N2O3S. The Hall–Kier alpha value is -0.170. The minimum atomic E-state index is -3.11. The van der Waals surface area contributed by atoms with Gasteiger partial charge in [-0.1, -0.05) is 6.92 Å². The van der Waals surface area contributed by atoms with Crippen LogP contribution >= 0.6 is 0 Å². The molecule has 0 aliphatic carbocycles. The molecule has 0 aromatic carbocycles. The van der Waals surface area contributed by atoms with Gasteiger partial charge in [0.15, 0.2) is 0 Å². The van der Waals surface area contributed by atoms with Gasteiger partial charge in [0.1, 0.15) is 0 Å². The molecule has 0 aromatic rings. The molecule has 18 heavy (non-hydrogen) atoms. The molecule has 0 radical (unpaired) electrons. The first-order chi connectivity index (χ1) is 8.64. The highest BCUT2D eigenvalue weighted by molar-refractivity contribution is 7.89. The normalized spacial score (nSPS) is 18.1. The Bertz CT molecular complexity index is 300. The van der Waals surface area contributed by atoms with E-state index in [9.17, 15) is 8.42 Å². The Morgan fingerprint density at radius 3 is 2.67 bits per heavy atom. The smallest absolute Gasteiger partial charge is 0.211 e. The molecule has 5 nitrogen and oxygen atoms in total. The van der Waals surface area contributed by atoms with E-state index in [2.05, 4.69) is 17.0 Å². The van der Waals surface area contributed by atoms with Crippen LogP contribution < -0.4 is 10.0 Å². The lowest BCUT2D eigenvalue weighted by molar-refractivity contribution is 0.133. The zero-order valence-corrected chi connectivity index (χ0v) is 12.1. The van der Waals surface area contributed by atoms with Gasteiger partial charge in [0, 0.05) is 19.8 Å². The second kappa shape index (κ2) is 8.85. The van der Waals surface area contributed by atoms with Crippen molar-refractivity contribution in [3.8, 4) is 0 Å². The molecule has 1 rings (SSSR count). The van der Waals surface area contributed by atoms with Crippen LogP contribution in [0.4, 0.5) is 0 Å². The predicted molar refractivity (Wildman–Crippen MR) is 73.1 cm³/mol. The highest BCUT2D eigenvalue weighted by Crippen LogP contribution is 2.13. The van der Waals surface area contributed by atoms with Crippen molar-refractivity contribution in [1.82, 2.24) is 10.0 Å². The summed E-state index contributed by atoms with van der Waals surface area (Å²) in [7, 11) is -3.11. The van der Waals surface area contributed by atoms with Crippen LogP contribution in [0.15, 0.2) is 0 Å². The largest absolute Gasteiger partial charge is 0.381 e. The van der Waals surface area contributed by atoms with Crippen LogP contribution in [0.3, 0.4) is 0 Å². The number of rotatable bonds is 9. The minimum absolute atomic E-state index is 0.268. The summed E-state index contributed by atoms with van der Waals surface area (Å²) < 4.78 is 31.6. The summed E-state index contributed by atoms with van der Waals surface area (Å²) in [6.07, 6.45) is 3.66. The van der Waals surface area contributed by atoms with Crippen LogP contribution in [0.5, 0.6) is 0 Å². The molecule has 108 valence electrons. The molecule has 2 N–H and O–H groups in total. The zero-order valence-electron chi connectivity index (χ0n) is 11.3. The van der Waals surface area contributed by atoms with E-state index in [-0.39, 0.29) is 5.75 Å². The van der Waals surface area contributed by atoms with Crippen LogP contribution in [0, 0.1) is 5.92 Å². The van der Waals surface area contributed by atoms with Crippen LogP contribution in [0.25, 0.3) is 0 Å². The van der Waals surface area contributed by atoms with Crippen LogP contribution in [0.1, 0.15) is 32.6 Å². The van der Waals surface area contributed by atoms with Crippen LogP contribution in [-0.4, -0.2) is 47.0 Å². The third-order valence-electron chi connectivity index (χ3n) is 3.05. The van der Waals surface area contributed by atoms with Gasteiger partial charge in [-0.25, -0.2) is 13.1 Å². The highest BCUT2D eigenvalue weighted by Gasteiger charge is 2.20. The van der Waals surface area contributed by atoms with Crippen molar-refractivity contribution in [2.45, 2.75) is 32.6 Å². The maximum atomic E-state index is 11.8. The Balaban J connectivity index is 2.11. The fourth-order valence-electron chi connectivity index (χ4n) is 2.07. The summed E-state index contributed by atoms with van der Waals surface area (Å²) in [4.78, 5) is 0. The summed E-state index contributed by atoms with van der Waals surface area (Å²) in [6, 6.07) is 0. The number of piperidine rings is 1. The van der Waals surface area contributed by atoms with E-state index >= 15 is 0 Å². The van der Waals surface area contributed by atoms with Crippen molar-refractivity contribution in [1.29, 1.82) is 0 Å². The molecule has 0 atom stereocenters. The molecule has 1 saturated heterocycles. The van der Waals surface area contributed by atoms with Gasteiger partial charge < -0.3 is 10.1 Å². The molecule has 0 aromatic heterocycles. The van der Waals surface area contributed by atoms with E-state index < -0.39 is 10.0 Å². The van der Waals surface area contributed by atoms with Gasteiger partial charge in [-0.05, 0) is 44.7 Å². The lowest BCUT2D eigenvalue weighted by Crippen LogP contribution is -2.36. The molecule has 0 amide bonds. The first kappa shape index (κ1) is 15.9. The van der Waals surface area contributed by atoms with Crippen molar-refractivity contribution in [2.75, 3.05) is 38.6 Å². The summed E-state index contributed by atoms with van der Waals surface area (Å²) in [5.41, 5.74) is 0. The van der Waals surface area contributed by atoms with Gasteiger partial charge in [0.2, 0.25) is 10.0 Å². The quantitative estimate of drug-likeness (QED) is 0.610. The van der Waals surface area contributed by atoms with Crippen molar-refractivity contribution >= 4 is 10.0 Å². The lowest BCUT2D eigenvalue weighted by atomic mass is 10.0. The van der Waals surface area contributed by atoms with E-state index in [1.54, 1.807) is 0 Å². The van der Waals surface area contributed by atoms with E-state index in [0.717, 1.165) is 45.4 Å². The lowest BCUT2D eigenvalue weighted by Gasteiger charge is -2.22. The Labute approximate surface area is 111 Å². The Morgan fingerprint density at radius 1 is 1.28 bits per heavy atom. The first-order valence-electron chi connectivity index (χ1n) is 6.90. The first-order valence-corrected chi connectivity index (χ1v) is 8.55. The third kappa shape index (κ3) is 7.31. The SMILES string of the molecule is CCCOCCCNS(=O)(=O)CC1CCNCC1. The summed E-state index contributed by atoms with van der Waals surface area (Å²) in [5.74, 6) is 0.574. The van der Waals surface area contributed by atoms with Gasteiger partial charge in [-0.2, -0.15) is 0 Å². The molecule has 1 aliphatic heterocycles. The summed E-state index contributed by atoms with van der Waals surface area (Å²) >= 11 is 0. The number of nitrogens with one attached hydrogen (secondary N) is 2. The molecular weight excluding hydrogens is 252 g/mol. The second-order valence-electron chi connectivity index (χ2n) is 4.84. The Morgan fingerprint density at radius 2 is 2.00 bits per heavy atom. The molecule has 0 saturated carbocycles. The van der Waals surface area contributed by atoms with Crippen LogP contribution in [-0.2, 0) is 14.8 Å². The van der Waals surface area contributed by atoms with Crippen molar-refractivity contribution in [2.24, 2.45) is 5.92 Å². The van der Waals surface area contributed by atoms with Crippen LogP contribution in [0.2, 0.25) is 0 Å². The fourth-order valence-corrected chi connectivity index (χ4v) is 3.59. The van der Waals surface area contributed by atoms with Crippen molar-refractivity contribution in [3.05, 3.63) is 0 Å². The average Bonchev–Trinajstić information content (AvgIpc) is 2.34. The highest BCUT2D eigenvalue weighted by atomic mass is 32.2. The standard InChI is InChI=1S/C12H26N2O3S/c1-2-9-17-10-3-6-14-18(15,16)11-12-4-7-13-8-5-12/h12-14H,2-11H2,1H3. The Kier molecular flexibility index (Phi) is 7.81. The van der Waals surface area contributed by atoms with E-state index in [4.69, 9.17) is 4.74 Å². The van der Waals surface area contributed by atoms with Gasteiger partial charge in [0.25, 0.3) is 0 Å². The number of ether oxygens (including phenoxy) is 1. The van der Waals surface area contributed by atoms with Crippen molar-refractivity contribution < 1.29 is 13.2 Å². The van der Waals surface area contributed by atoms with Crippen molar-refractivity contribution in [3.63, 3.8) is 0 Å². The van der Waals surface area contributed by atoms with Gasteiger partial charge in [0.05, 0.1) is 5.75 Å². The molecule has 1 fully saturated rings. The molecule has 1 aliphatic rings. The van der Waals surface area contributed by atoms with E-state index in [1.165, 1.54) is 0 Å². The van der Waals surface area contributed by atoms with E-state index in [0.29, 0.717) is 19.1 Å².